The molecule has 1 aromatic rings. The van der Waals surface area contributed by atoms with Crippen LogP contribution in [0.2, 0.25) is 0 Å². The number of pyridine rings is 1. The topological polar surface area (TPSA) is 83.8 Å². The molecule has 4 aliphatic rings. The first-order valence-corrected chi connectivity index (χ1v) is 12.6. The third-order valence-corrected chi connectivity index (χ3v) is 9.54. The highest BCUT2D eigenvalue weighted by molar-refractivity contribution is 5.96. The van der Waals surface area contributed by atoms with Crippen LogP contribution in [0.3, 0.4) is 0 Å². The molecule has 1 heterocycles. The molecule has 6 atom stereocenters. The van der Waals surface area contributed by atoms with Crippen molar-refractivity contribution in [2.75, 3.05) is 6.61 Å². The Kier molecular flexibility index (Phi) is 6.06. The van der Waals surface area contributed by atoms with Gasteiger partial charge in [-0.15, -0.1) is 0 Å². The Morgan fingerprint density at radius 3 is 2.79 bits per heavy atom. The van der Waals surface area contributed by atoms with Gasteiger partial charge in [-0.1, -0.05) is 24.6 Å². The predicted molar refractivity (Wildman–Crippen MR) is 127 cm³/mol. The number of rotatable bonds is 5. The molecule has 2 N–H and O–H groups in total. The maximum atomic E-state index is 12.1. The van der Waals surface area contributed by atoms with Crippen molar-refractivity contribution >= 4 is 11.6 Å². The summed E-state index contributed by atoms with van der Waals surface area (Å²) >= 11 is 0. The number of hydrogen-bond acceptors (Lipinski definition) is 5. The van der Waals surface area contributed by atoms with E-state index in [-0.39, 0.29) is 29.4 Å². The molecule has 3 fully saturated rings. The zero-order valence-corrected chi connectivity index (χ0v) is 19.9. The molecule has 4 unspecified atom stereocenters. The summed E-state index contributed by atoms with van der Waals surface area (Å²) in [5, 5.41) is 17.8. The minimum Gasteiger partial charge on any atom is -0.393 e. The minimum atomic E-state index is -0.172. The molecular weight excluding hydrogens is 414 g/mol. The number of oxime groups is 1. The van der Waals surface area contributed by atoms with Crippen molar-refractivity contribution in [3.05, 3.63) is 41.7 Å². The molecule has 0 bridgehead atoms. The van der Waals surface area contributed by atoms with E-state index in [0.29, 0.717) is 18.4 Å². The van der Waals surface area contributed by atoms with Crippen molar-refractivity contribution in [3.8, 4) is 0 Å². The maximum absolute atomic E-state index is 12.1. The van der Waals surface area contributed by atoms with Crippen LogP contribution >= 0.6 is 0 Å². The Hall–Kier alpha value is -2.21. The first kappa shape index (κ1) is 22.6. The van der Waals surface area contributed by atoms with E-state index in [2.05, 4.69) is 35.4 Å². The van der Waals surface area contributed by atoms with E-state index in [1.807, 2.05) is 12.1 Å². The number of hydrogen-bond donors (Lipinski definition) is 2. The fourth-order valence-electron chi connectivity index (χ4n) is 7.54. The zero-order chi connectivity index (χ0) is 23.1. The van der Waals surface area contributed by atoms with Crippen LogP contribution in [-0.2, 0) is 16.2 Å². The van der Waals surface area contributed by atoms with Crippen LogP contribution in [0, 0.1) is 28.6 Å². The standard InChI is InChI=1S/C27H37N3O3/c1-26-11-7-20(30-33-17-25(32)29-16-18-9-13-28-14-10-18)15-19(26)3-4-21-22-5-6-24(31)27(22,2)12-8-23(21)26/h9-10,13-15,21-24,31H,3-8,11-12,16-17H2,1-2H3,(H,29,32)/t21?,22?,23?,24?,26-,27-/m0/s1. The maximum Gasteiger partial charge on any atom is 0.261 e. The van der Waals surface area contributed by atoms with Crippen molar-refractivity contribution in [1.82, 2.24) is 10.3 Å². The van der Waals surface area contributed by atoms with Gasteiger partial charge in [0, 0.05) is 18.9 Å². The number of carbonyl (C=O) groups is 1. The number of fused-ring (bicyclic) bond motifs is 5. The van der Waals surface area contributed by atoms with Gasteiger partial charge in [0.2, 0.25) is 0 Å². The van der Waals surface area contributed by atoms with Gasteiger partial charge in [0.1, 0.15) is 0 Å². The largest absolute Gasteiger partial charge is 0.393 e. The van der Waals surface area contributed by atoms with E-state index >= 15 is 0 Å². The number of allylic oxidation sites excluding steroid dienone is 2. The molecule has 33 heavy (non-hydrogen) atoms. The van der Waals surface area contributed by atoms with E-state index < -0.39 is 0 Å². The summed E-state index contributed by atoms with van der Waals surface area (Å²) in [5.74, 6) is 1.95. The van der Waals surface area contributed by atoms with Gasteiger partial charge in [-0.2, -0.15) is 0 Å². The monoisotopic (exact) mass is 451 g/mol. The van der Waals surface area contributed by atoms with Crippen LogP contribution in [-0.4, -0.2) is 34.4 Å². The fraction of sp³-hybridized carbons (Fsp3) is 0.667. The molecular formula is C27H37N3O3. The van der Waals surface area contributed by atoms with Gasteiger partial charge >= 0.3 is 0 Å². The van der Waals surface area contributed by atoms with Crippen LogP contribution in [0.5, 0.6) is 0 Å². The van der Waals surface area contributed by atoms with Gasteiger partial charge in [0.25, 0.3) is 5.91 Å². The number of amides is 1. The van der Waals surface area contributed by atoms with Gasteiger partial charge in [-0.25, -0.2) is 0 Å². The van der Waals surface area contributed by atoms with Crippen molar-refractivity contribution < 1.29 is 14.7 Å². The van der Waals surface area contributed by atoms with Crippen LogP contribution < -0.4 is 5.32 Å². The molecule has 0 aliphatic heterocycles. The van der Waals surface area contributed by atoms with Crippen molar-refractivity contribution in [1.29, 1.82) is 0 Å². The summed E-state index contributed by atoms with van der Waals surface area (Å²) in [7, 11) is 0. The predicted octanol–water partition coefficient (Wildman–Crippen LogP) is 4.39. The van der Waals surface area contributed by atoms with Crippen molar-refractivity contribution in [3.63, 3.8) is 0 Å². The Labute approximate surface area is 196 Å². The second-order valence-corrected chi connectivity index (χ2v) is 11.1. The quantitative estimate of drug-likeness (QED) is 0.650. The lowest BCUT2D eigenvalue weighted by Crippen LogP contribution is -2.51. The highest BCUT2D eigenvalue weighted by Gasteiger charge is 2.58. The van der Waals surface area contributed by atoms with Gasteiger partial charge in [0.15, 0.2) is 6.61 Å². The molecule has 1 amide bonds. The lowest BCUT2D eigenvalue weighted by molar-refractivity contribution is -0.125. The second kappa shape index (κ2) is 8.86. The molecule has 5 rings (SSSR count). The number of nitrogens with one attached hydrogen (secondary N) is 1. The Bertz CT molecular complexity index is 945. The third kappa shape index (κ3) is 4.11. The van der Waals surface area contributed by atoms with Gasteiger partial charge in [-0.05, 0) is 104 Å². The van der Waals surface area contributed by atoms with Gasteiger partial charge in [-0.3, -0.25) is 9.78 Å². The van der Waals surface area contributed by atoms with Crippen LogP contribution in [0.25, 0.3) is 0 Å². The van der Waals surface area contributed by atoms with Crippen LogP contribution in [0.1, 0.15) is 70.8 Å². The smallest absolute Gasteiger partial charge is 0.261 e. The van der Waals surface area contributed by atoms with Crippen molar-refractivity contribution in [2.45, 2.75) is 77.9 Å². The summed E-state index contributed by atoms with van der Waals surface area (Å²) in [6.07, 6.45) is 14.5. The average Bonchev–Trinajstić information content (AvgIpc) is 3.13. The summed E-state index contributed by atoms with van der Waals surface area (Å²) in [4.78, 5) is 21.5. The molecule has 3 saturated carbocycles. The summed E-state index contributed by atoms with van der Waals surface area (Å²) < 4.78 is 0. The number of aromatic nitrogens is 1. The summed E-state index contributed by atoms with van der Waals surface area (Å²) in [6, 6.07) is 3.76. The molecule has 6 nitrogen and oxygen atoms in total. The minimum absolute atomic E-state index is 0.0671. The molecule has 0 saturated heterocycles. The van der Waals surface area contributed by atoms with Crippen molar-refractivity contribution in [2.24, 2.45) is 33.7 Å². The molecule has 0 aromatic carbocycles. The molecule has 6 heteroatoms. The fourth-order valence-corrected chi connectivity index (χ4v) is 7.54. The van der Waals surface area contributed by atoms with Gasteiger partial charge in [0.05, 0.1) is 11.8 Å². The average molecular weight is 452 g/mol. The highest BCUT2D eigenvalue weighted by atomic mass is 16.6. The zero-order valence-electron chi connectivity index (χ0n) is 19.9. The normalized spacial score (nSPS) is 38.6. The summed E-state index contributed by atoms with van der Waals surface area (Å²) in [6.45, 7) is 5.20. The Balaban J connectivity index is 1.19. The van der Waals surface area contributed by atoms with Gasteiger partial charge < -0.3 is 15.3 Å². The second-order valence-electron chi connectivity index (χ2n) is 11.1. The third-order valence-electron chi connectivity index (χ3n) is 9.54. The lowest BCUT2D eigenvalue weighted by Gasteiger charge is -2.57. The van der Waals surface area contributed by atoms with E-state index in [0.717, 1.165) is 49.3 Å². The molecule has 0 radical (unpaired) electrons. The van der Waals surface area contributed by atoms with Crippen LogP contribution in [0.4, 0.5) is 0 Å². The Morgan fingerprint density at radius 1 is 1.15 bits per heavy atom. The first-order valence-electron chi connectivity index (χ1n) is 12.6. The Morgan fingerprint density at radius 2 is 1.97 bits per heavy atom. The van der Waals surface area contributed by atoms with E-state index in [1.54, 1.807) is 12.4 Å². The number of nitrogens with zero attached hydrogens (tertiary/aromatic N) is 2. The SMILES string of the molecule is C[C@]12CCC3C(CCC4=CC(=NOCC(=O)NCc5ccncc5)CC[C@@]43C)C1CCC2O. The molecule has 4 aliphatic carbocycles. The summed E-state index contributed by atoms with van der Waals surface area (Å²) in [5.41, 5.74) is 3.85. The number of aliphatic hydroxyl groups excluding tert-OH is 1. The van der Waals surface area contributed by atoms with E-state index in [1.165, 1.54) is 24.8 Å². The molecule has 178 valence electrons. The van der Waals surface area contributed by atoms with E-state index in [9.17, 15) is 9.90 Å². The van der Waals surface area contributed by atoms with E-state index in [4.69, 9.17) is 4.84 Å². The number of aliphatic hydroxyl groups is 1. The highest BCUT2D eigenvalue weighted by Crippen LogP contribution is 2.65. The number of carbonyl (C=O) groups excluding carboxylic acids is 1. The molecule has 1 aromatic heterocycles. The molecule has 0 spiro atoms. The van der Waals surface area contributed by atoms with Crippen LogP contribution in [0.15, 0.2) is 41.3 Å². The lowest BCUT2D eigenvalue weighted by atomic mass is 9.47. The first-order chi connectivity index (χ1) is 15.9.